The third kappa shape index (κ3) is 2.21. The summed E-state index contributed by atoms with van der Waals surface area (Å²) >= 11 is 0. The summed E-state index contributed by atoms with van der Waals surface area (Å²) in [5.74, 6) is 1.81. The maximum absolute atomic E-state index is 11.6. The number of benzene rings is 1. The first-order chi connectivity index (χ1) is 12.3. The van der Waals surface area contributed by atoms with Crippen LogP contribution in [0.25, 0.3) is 0 Å². The Morgan fingerprint density at radius 3 is 3.08 bits per heavy atom. The average molecular weight is 337 g/mol. The molecule has 1 unspecified atom stereocenters. The van der Waals surface area contributed by atoms with Crippen LogP contribution in [0.15, 0.2) is 36.4 Å². The Bertz CT molecular complexity index is 850. The van der Waals surface area contributed by atoms with Crippen molar-refractivity contribution in [1.82, 2.24) is 4.98 Å². The number of carbonyl (C=O) groups excluding carboxylic acids is 1. The Morgan fingerprint density at radius 1 is 1.20 bits per heavy atom. The zero-order chi connectivity index (χ0) is 16.9. The summed E-state index contributed by atoms with van der Waals surface area (Å²) in [5.41, 5.74) is 2.53. The fraction of sp³-hybridized carbons (Fsp3) is 0.368. The van der Waals surface area contributed by atoms with Crippen molar-refractivity contribution in [2.24, 2.45) is 0 Å². The smallest absolute Gasteiger partial charge is 0.263 e. The molecule has 1 saturated heterocycles. The number of morpholine rings is 1. The highest BCUT2D eigenvalue weighted by molar-refractivity contribution is 5.94. The van der Waals surface area contributed by atoms with Crippen LogP contribution in [0.1, 0.15) is 17.5 Å². The first-order valence-corrected chi connectivity index (χ1v) is 8.64. The van der Waals surface area contributed by atoms with E-state index in [1.807, 2.05) is 12.1 Å². The first kappa shape index (κ1) is 14.7. The van der Waals surface area contributed by atoms with Crippen LogP contribution in [0.2, 0.25) is 0 Å². The standard InChI is InChI=1S/C19H19N3O3/c23-17-11-25-15-5-6-16(20-18(15)21-17)22-9-10-24-12-19(22)8-7-13-3-1-2-4-14(13)19/h1-6H,7-12H2,(H,20,21,23). The van der Waals surface area contributed by atoms with E-state index in [0.29, 0.717) is 24.8 Å². The molecule has 2 aliphatic heterocycles. The summed E-state index contributed by atoms with van der Waals surface area (Å²) < 4.78 is 11.3. The van der Waals surface area contributed by atoms with E-state index in [2.05, 4.69) is 34.5 Å². The topological polar surface area (TPSA) is 63.7 Å². The van der Waals surface area contributed by atoms with Crippen molar-refractivity contribution < 1.29 is 14.3 Å². The Balaban J connectivity index is 1.59. The van der Waals surface area contributed by atoms with Gasteiger partial charge in [0, 0.05) is 6.54 Å². The highest BCUT2D eigenvalue weighted by Crippen LogP contribution is 2.45. The summed E-state index contributed by atoms with van der Waals surface area (Å²) in [4.78, 5) is 18.6. The molecule has 5 rings (SSSR count). The predicted molar refractivity (Wildman–Crippen MR) is 93.0 cm³/mol. The Morgan fingerprint density at radius 2 is 2.12 bits per heavy atom. The number of hydrogen-bond acceptors (Lipinski definition) is 5. The van der Waals surface area contributed by atoms with E-state index in [-0.39, 0.29) is 18.1 Å². The highest BCUT2D eigenvalue weighted by atomic mass is 16.5. The van der Waals surface area contributed by atoms with Crippen LogP contribution in [0.3, 0.4) is 0 Å². The van der Waals surface area contributed by atoms with Crippen molar-refractivity contribution >= 4 is 17.5 Å². The second kappa shape index (κ2) is 5.46. The summed E-state index contributed by atoms with van der Waals surface area (Å²) in [7, 11) is 0. The minimum atomic E-state index is -0.185. The molecule has 6 nitrogen and oxygen atoms in total. The molecule has 3 aliphatic rings. The van der Waals surface area contributed by atoms with E-state index in [1.165, 1.54) is 11.1 Å². The zero-order valence-corrected chi connectivity index (χ0v) is 13.8. The number of ether oxygens (including phenoxy) is 2. The van der Waals surface area contributed by atoms with Crippen LogP contribution in [0.5, 0.6) is 5.75 Å². The molecule has 1 N–H and O–H groups in total. The number of hydrogen-bond donors (Lipinski definition) is 1. The van der Waals surface area contributed by atoms with Crippen LogP contribution in [-0.4, -0.2) is 37.3 Å². The minimum absolute atomic E-state index is 0.0445. The molecule has 0 radical (unpaired) electrons. The molecule has 1 amide bonds. The van der Waals surface area contributed by atoms with Crippen molar-refractivity contribution in [2.45, 2.75) is 18.4 Å². The molecule has 2 aromatic rings. The van der Waals surface area contributed by atoms with Crippen LogP contribution in [0, 0.1) is 0 Å². The molecule has 128 valence electrons. The predicted octanol–water partition coefficient (Wildman–Crippen LogP) is 2.09. The van der Waals surface area contributed by atoms with Crippen molar-refractivity contribution in [3.63, 3.8) is 0 Å². The number of nitrogens with zero attached hydrogens (tertiary/aromatic N) is 2. The Kier molecular flexibility index (Phi) is 3.21. The van der Waals surface area contributed by atoms with Gasteiger partial charge in [-0.05, 0) is 36.1 Å². The largest absolute Gasteiger partial charge is 0.480 e. The monoisotopic (exact) mass is 337 g/mol. The second-order valence-electron chi connectivity index (χ2n) is 6.75. The molecule has 1 spiro atoms. The van der Waals surface area contributed by atoms with Crippen LogP contribution >= 0.6 is 0 Å². The molecular formula is C19H19N3O3. The lowest BCUT2D eigenvalue weighted by Crippen LogP contribution is -2.54. The molecule has 1 atom stereocenters. The van der Waals surface area contributed by atoms with E-state index in [0.717, 1.165) is 25.2 Å². The van der Waals surface area contributed by atoms with E-state index < -0.39 is 0 Å². The van der Waals surface area contributed by atoms with Crippen molar-refractivity contribution in [2.75, 3.05) is 36.6 Å². The summed E-state index contributed by atoms with van der Waals surface area (Å²) in [6, 6.07) is 12.5. The van der Waals surface area contributed by atoms with Crippen LogP contribution in [-0.2, 0) is 21.5 Å². The third-order valence-electron chi connectivity index (χ3n) is 5.38. The second-order valence-corrected chi connectivity index (χ2v) is 6.75. The van der Waals surface area contributed by atoms with Crippen LogP contribution in [0.4, 0.5) is 11.6 Å². The van der Waals surface area contributed by atoms with Gasteiger partial charge < -0.3 is 19.7 Å². The zero-order valence-electron chi connectivity index (χ0n) is 13.8. The number of nitrogens with one attached hydrogen (secondary N) is 1. The van der Waals surface area contributed by atoms with Gasteiger partial charge in [-0.3, -0.25) is 4.79 Å². The quantitative estimate of drug-likeness (QED) is 0.863. The lowest BCUT2D eigenvalue weighted by Gasteiger charge is -2.46. The third-order valence-corrected chi connectivity index (χ3v) is 5.38. The number of aromatic nitrogens is 1. The fourth-order valence-corrected chi connectivity index (χ4v) is 4.23. The molecule has 1 aromatic heterocycles. The number of rotatable bonds is 1. The summed E-state index contributed by atoms with van der Waals surface area (Å²) in [5, 5.41) is 2.80. The van der Waals surface area contributed by atoms with Gasteiger partial charge in [-0.25, -0.2) is 4.98 Å². The van der Waals surface area contributed by atoms with E-state index in [4.69, 9.17) is 14.5 Å². The normalized spacial score (nSPS) is 24.5. The molecule has 0 saturated carbocycles. The molecular weight excluding hydrogens is 318 g/mol. The van der Waals surface area contributed by atoms with Gasteiger partial charge in [0.1, 0.15) is 5.82 Å². The lowest BCUT2D eigenvalue weighted by atomic mass is 9.89. The lowest BCUT2D eigenvalue weighted by molar-refractivity contribution is -0.118. The highest BCUT2D eigenvalue weighted by Gasteiger charge is 2.46. The molecule has 1 aromatic carbocycles. The maximum atomic E-state index is 11.6. The van der Waals surface area contributed by atoms with Crippen molar-refractivity contribution in [3.8, 4) is 5.75 Å². The van der Waals surface area contributed by atoms with Gasteiger partial charge in [0.25, 0.3) is 5.91 Å². The van der Waals surface area contributed by atoms with Gasteiger partial charge in [-0.15, -0.1) is 0 Å². The molecule has 0 bridgehead atoms. The van der Waals surface area contributed by atoms with Crippen molar-refractivity contribution in [1.29, 1.82) is 0 Å². The molecule has 25 heavy (non-hydrogen) atoms. The number of aryl methyl sites for hydroxylation is 1. The molecule has 1 fully saturated rings. The molecule has 6 heteroatoms. The van der Waals surface area contributed by atoms with Crippen molar-refractivity contribution in [3.05, 3.63) is 47.5 Å². The maximum Gasteiger partial charge on any atom is 0.263 e. The molecule has 1 aliphatic carbocycles. The SMILES string of the molecule is O=C1COc2ccc(N3CCOCC34CCc3ccccc34)nc2N1. The number of amides is 1. The van der Waals surface area contributed by atoms with E-state index in [9.17, 15) is 4.79 Å². The summed E-state index contributed by atoms with van der Waals surface area (Å²) in [6.07, 6.45) is 2.05. The minimum Gasteiger partial charge on any atom is -0.480 e. The number of anilines is 2. The number of pyridine rings is 1. The molecule has 3 heterocycles. The van der Waals surface area contributed by atoms with Gasteiger partial charge >= 0.3 is 0 Å². The van der Waals surface area contributed by atoms with Gasteiger partial charge in [0.2, 0.25) is 0 Å². The van der Waals surface area contributed by atoms with Gasteiger partial charge in [0.05, 0.1) is 18.8 Å². The number of fused-ring (bicyclic) bond motifs is 3. The van der Waals surface area contributed by atoms with E-state index >= 15 is 0 Å². The Labute approximate surface area is 145 Å². The fourth-order valence-electron chi connectivity index (χ4n) is 4.23. The van der Waals surface area contributed by atoms with E-state index in [1.54, 1.807) is 0 Å². The van der Waals surface area contributed by atoms with Crippen LogP contribution < -0.4 is 15.0 Å². The van der Waals surface area contributed by atoms with Gasteiger partial charge in [-0.1, -0.05) is 24.3 Å². The van der Waals surface area contributed by atoms with Gasteiger partial charge in [-0.2, -0.15) is 0 Å². The Hall–Kier alpha value is -2.60. The first-order valence-electron chi connectivity index (χ1n) is 8.64. The van der Waals surface area contributed by atoms with Gasteiger partial charge in [0.15, 0.2) is 18.2 Å². The summed E-state index contributed by atoms with van der Waals surface area (Å²) in [6.45, 7) is 2.15. The number of carbonyl (C=O) groups is 1. The average Bonchev–Trinajstić information content (AvgIpc) is 3.01.